The number of hydrogen-bond donors (Lipinski definition) is 2. The van der Waals surface area contributed by atoms with E-state index in [-0.39, 0.29) is 29.6 Å². The number of aromatic nitrogens is 2. The zero-order chi connectivity index (χ0) is 37.2. The molecule has 0 bridgehead atoms. The lowest BCUT2D eigenvalue weighted by atomic mass is 9.93. The van der Waals surface area contributed by atoms with Crippen molar-refractivity contribution < 1.29 is 9.53 Å². The summed E-state index contributed by atoms with van der Waals surface area (Å²) in [6.07, 6.45) is 6.48. The van der Waals surface area contributed by atoms with Crippen LogP contribution in [0.3, 0.4) is 0 Å². The minimum atomic E-state index is -0.503. The quantitative estimate of drug-likeness (QED) is 0.119. The Balaban J connectivity index is 1.52. The smallest absolute Gasteiger partial charge is 0.323 e. The number of unbranched alkanes of at least 4 members (excludes halogenated alkanes) is 1. The number of para-hydroxylation sites is 1. The Labute approximate surface area is 308 Å². The summed E-state index contributed by atoms with van der Waals surface area (Å²) in [5.41, 5.74) is 4.38. The zero-order valence-electron chi connectivity index (χ0n) is 31.7. The van der Waals surface area contributed by atoms with Crippen LogP contribution in [0.25, 0.3) is 22.2 Å². The van der Waals surface area contributed by atoms with Crippen LogP contribution in [-0.4, -0.2) is 64.3 Å². The Morgan fingerprint density at radius 1 is 0.981 bits per heavy atom. The molecule has 1 aliphatic heterocycles. The number of anilines is 2. The summed E-state index contributed by atoms with van der Waals surface area (Å²) in [7, 11) is 0. The van der Waals surface area contributed by atoms with Gasteiger partial charge < -0.3 is 15.4 Å². The van der Waals surface area contributed by atoms with Crippen LogP contribution in [0.2, 0.25) is 0 Å². The Morgan fingerprint density at radius 3 is 2.38 bits per heavy atom. The number of likely N-dealkylation sites (tertiary alicyclic amines) is 1. The number of fused-ring (bicyclic) bond motifs is 1. The van der Waals surface area contributed by atoms with Gasteiger partial charge in [-0.05, 0) is 98.1 Å². The van der Waals surface area contributed by atoms with Crippen molar-refractivity contribution in [2.45, 2.75) is 98.2 Å². The number of aryl methyl sites for hydroxylation is 1. The molecule has 1 saturated heterocycles. The number of urea groups is 1. The van der Waals surface area contributed by atoms with Gasteiger partial charge in [-0.15, -0.1) is 0 Å². The van der Waals surface area contributed by atoms with E-state index in [0.717, 1.165) is 48.6 Å². The number of rotatable bonds is 15. The number of nitrogens with one attached hydrogen (secondary N) is 2. The predicted octanol–water partition coefficient (Wildman–Crippen LogP) is 8.79. The maximum absolute atomic E-state index is 14.4. The summed E-state index contributed by atoms with van der Waals surface area (Å²) in [5.74, 6) is 1.04. The number of nitrogens with zero attached hydrogens (tertiary/aromatic N) is 5. The van der Waals surface area contributed by atoms with Crippen molar-refractivity contribution in [2.24, 2.45) is 0 Å². The van der Waals surface area contributed by atoms with Gasteiger partial charge in [-0.1, -0.05) is 71.9 Å². The van der Waals surface area contributed by atoms with Gasteiger partial charge in [0.2, 0.25) is 0 Å². The summed E-state index contributed by atoms with van der Waals surface area (Å²) in [5, 5.41) is 16.1. The third-order valence-corrected chi connectivity index (χ3v) is 10.1. The molecule has 0 saturated carbocycles. The number of benzene rings is 2. The second-order valence-corrected chi connectivity index (χ2v) is 14.2. The molecule has 276 valence electrons. The molecule has 10 heteroatoms. The second kappa shape index (κ2) is 18.2. The highest BCUT2D eigenvalue weighted by Crippen LogP contribution is 2.36. The van der Waals surface area contributed by atoms with Crippen LogP contribution in [0.4, 0.5) is 16.2 Å². The molecule has 10 nitrogen and oxygen atoms in total. The number of nitriles is 1. The summed E-state index contributed by atoms with van der Waals surface area (Å²) in [6.45, 7) is 17.6. The summed E-state index contributed by atoms with van der Waals surface area (Å²) in [6, 6.07) is 19.2. The third-order valence-electron chi connectivity index (χ3n) is 10.1. The van der Waals surface area contributed by atoms with Gasteiger partial charge in [0, 0.05) is 42.3 Å². The average molecular weight is 706 g/mol. The van der Waals surface area contributed by atoms with Crippen LogP contribution in [0, 0.1) is 11.3 Å². The highest BCUT2D eigenvalue weighted by molar-refractivity contribution is 6.07. The van der Waals surface area contributed by atoms with Crippen molar-refractivity contribution in [3.05, 3.63) is 82.3 Å². The van der Waals surface area contributed by atoms with Gasteiger partial charge in [0.05, 0.1) is 12.2 Å². The Hall–Kier alpha value is -4.72. The van der Waals surface area contributed by atoms with E-state index in [1.54, 1.807) is 10.8 Å². The third kappa shape index (κ3) is 8.83. The van der Waals surface area contributed by atoms with E-state index in [4.69, 9.17) is 4.74 Å². The van der Waals surface area contributed by atoms with Gasteiger partial charge in [0.25, 0.3) is 5.56 Å². The van der Waals surface area contributed by atoms with Crippen molar-refractivity contribution >= 4 is 28.4 Å². The average Bonchev–Trinajstić information content (AvgIpc) is 3.14. The molecule has 0 aliphatic carbocycles. The number of amides is 2. The summed E-state index contributed by atoms with van der Waals surface area (Å²) < 4.78 is 7.95. The van der Waals surface area contributed by atoms with E-state index < -0.39 is 6.03 Å². The number of ether oxygens (including phenoxy) is 1. The number of piperidine rings is 1. The number of carbonyl (C=O) groups excluding carboxylic acids is 1. The van der Waals surface area contributed by atoms with E-state index in [2.05, 4.69) is 73.0 Å². The van der Waals surface area contributed by atoms with Gasteiger partial charge in [-0.2, -0.15) is 5.26 Å². The maximum Gasteiger partial charge on any atom is 0.323 e. The largest absolute Gasteiger partial charge is 0.492 e. The number of pyridine rings is 2. The predicted molar refractivity (Wildman–Crippen MR) is 211 cm³/mol. The number of carbonyl (C=O) groups is 1. The highest BCUT2D eigenvalue weighted by Gasteiger charge is 2.27. The molecule has 0 radical (unpaired) electrons. The minimum absolute atomic E-state index is 0.149. The first-order valence-corrected chi connectivity index (χ1v) is 19.0. The van der Waals surface area contributed by atoms with Crippen LogP contribution >= 0.6 is 0 Å². The van der Waals surface area contributed by atoms with Crippen LogP contribution in [-0.2, 0) is 6.54 Å². The minimum Gasteiger partial charge on any atom is -0.492 e. The monoisotopic (exact) mass is 705 g/mol. The molecule has 2 N–H and O–H groups in total. The van der Waals surface area contributed by atoms with Crippen molar-refractivity contribution in [3.8, 4) is 22.9 Å². The molecule has 1 aliphatic rings. The highest BCUT2D eigenvalue weighted by atomic mass is 16.5. The second-order valence-electron chi connectivity index (χ2n) is 14.2. The van der Waals surface area contributed by atoms with E-state index >= 15 is 0 Å². The SMILES string of the molecule is CCN(CC)C1CCCCN1CCOc1cccc(-c2c(NC(=O)Nc3c(C(C)C)cccc3C(C)C)c(=O)n(CCCC#N)c3ncccc23)c1. The fourth-order valence-corrected chi connectivity index (χ4v) is 7.49. The molecular formula is C42H55N7O3. The van der Waals surface area contributed by atoms with Crippen molar-refractivity contribution in [1.82, 2.24) is 19.4 Å². The Bertz CT molecular complexity index is 1900. The van der Waals surface area contributed by atoms with Gasteiger partial charge in [-0.3, -0.25) is 19.2 Å². The van der Waals surface area contributed by atoms with Crippen LogP contribution in [0.5, 0.6) is 5.75 Å². The molecule has 3 heterocycles. The Morgan fingerprint density at radius 2 is 1.69 bits per heavy atom. The Kier molecular flexibility index (Phi) is 13.5. The van der Waals surface area contributed by atoms with E-state index in [9.17, 15) is 14.9 Å². The maximum atomic E-state index is 14.4. The molecule has 4 aromatic rings. The first-order valence-electron chi connectivity index (χ1n) is 19.0. The van der Waals surface area contributed by atoms with Gasteiger partial charge in [-0.25, -0.2) is 9.78 Å². The first-order chi connectivity index (χ1) is 25.2. The van der Waals surface area contributed by atoms with Gasteiger partial charge in [0.1, 0.15) is 23.7 Å². The molecule has 5 rings (SSSR count). The fourth-order valence-electron chi connectivity index (χ4n) is 7.49. The molecule has 2 aromatic carbocycles. The molecule has 52 heavy (non-hydrogen) atoms. The lowest BCUT2D eigenvalue weighted by Gasteiger charge is -2.42. The van der Waals surface area contributed by atoms with Crippen LogP contribution < -0.4 is 20.9 Å². The van der Waals surface area contributed by atoms with Gasteiger partial charge >= 0.3 is 6.03 Å². The van der Waals surface area contributed by atoms with Gasteiger partial charge in [0.15, 0.2) is 0 Å². The van der Waals surface area contributed by atoms with Crippen molar-refractivity contribution in [3.63, 3.8) is 0 Å². The van der Waals surface area contributed by atoms with Crippen LogP contribution in [0.15, 0.2) is 65.6 Å². The van der Waals surface area contributed by atoms with Crippen molar-refractivity contribution in [1.29, 1.82) is 5.26 Å². The lowest BCUT2D eigenvalue weighted by Crippen LogP contribution is -2.51. The van der Waals surface area contributed by atoms with Crippen LogP contribution in [0.1, 0.15) is 96.6 Å². The van der Waals surface area contributed by atoms with Crippen molar-refractivity contribution in [2.75, 3.05) is 43.4 Å². The summed E-state index contributed by atoms with van der Waals surface area (Å²) in [4.78, 5) is 38.1. The molecule has 0 spiro atoms. The molecule has 2 aromatic heterocycles. The first kappa shape index (κ1) is 38.5. The number of hydrogen-bond acceptors (Lipinski definition) is 7. The molecular weight excluding hydrogens is 651 g/mol. The van der Waals surface area contributed by atoms with E-state index in [0.29, 0.717) is 48.0 Å². The molecule has 1 fully saturated rings. The normalized spacial score (nSPS) is 15.0. The topological polar surface area (TPSA) is 116 Å². The molecule has 2 amide bonds. The standard InChI is InChI=1S/C42H55N7O3/c1-7-47(8-2)36-21-9-11-24-48(36)26-27-52-32-17-13-16-31(28-32)37-35-20-15-23-44-40(35)49(25-12-10-22-43)41(50)39(37)46-42(51)45-38-33(29(3)4)18-14-19-34(38)30(5)6/h13-20,23,28-30,36H,7-12,21,24-27H2,1-6H3,(H2,45,46,51). The lowest BCUT2D eigenvalue weighted by molar-refractivity contribution is 0.0120. The molecule has 1 atom stereocenters. The molecule has 1 unspecified atom stereocenters. The van der Waals surface area contributed by atoms with E-state index in [1.165, 1.54) is 19.3 Å². The zero-order valence-corrected chi connectivity index (χ0v) is 31.7. The fraction of sp³-hybridized carbons (Fsp3) is 0.476. The van der Waals surface area contributed by atoms with E-state index in [1.807, 2.05) is 54.6 Å². The summed E-state index contributed by atoms with van der Waals surface area (Å²) >= 11 is 0.